The second-order valence-electron chi connectivity index (χ2n) is 8.33. The number of carbonyl (C=O) groups is 1. The average molecular weight is 524 g/mol. The van der Waals surface area contributed by atoms with Gasteiger partial charge in [0.1, 0.15) is 11.8 Å². The maximum Gasteiger partial charge on any atom is 0.321 e. The monoisotopic (exact) mass is 523 g/mol. The normalized spacial score (nSPS) is 16.7. The van der Waals surface area contributed by atoms with Crippen molar-refractivity contribution in [3.63, 3.8) is 0 Å². The highest BCUT2D eigenvalue weighted by atomic mass is 35.5. The van der Waals surface area contributed by atoms with Crippen LogP contribution in [0.3, 0.4) is 0 Å². The fraction of sp³-hybridized carbons (Fsp3) is 0.696. The minimum absolute atomic E-state index is 0. The first-order chi connectivity index (χ1) is 15.0. The zero-order chi connectivity index (χ0) is 22.5. The van der Waals surface area contributed by atoms with E-state index in [9.17, 15) is 18.7 Å². The van der Waals surface area contributed by atoms with Crippen LogP contribution in [0.2, 0.25) is 0 Å². The third-order valence-electron chi connectivity index (χ3n) is 5.83. The Kier molecular flexibility index (Phi) is 18.0. The zero-order valence-corrected chi connectivity index (χ0v) is 22.1. The lowest BCUT2D eigenvalue weighted by atomic mass is 9.93. The van der Waals surface area contributed by atoms with Gasteiger partial charge < -0.3 is 19.7 Å². The first kappa shape index (κ1) is 32.2. The van der Waals surface area contributed by atoms with Gasteiger partial charge in [-0.25, -0.2) is 0 Å². The van der Waals surface area contributed by atoms with Gasteiger partial charge in [-0.1, -0.05) is 38.3 Å². The van der Waals surface area contributed by atoms with E-state index in [0.29, 0.717) is 13.0 Å². The predicted molar refractivity (Wildman–Crippen MR) is 140 cm³/mol. The molecule has 0 spiro atoms. The van der Waals surface area contributed by atoms with E-state index in [1.165, 1.54) is 25.7 Å². The quantitative estimate of drug-likeness (QED) is 0.237. The minimum Gasteiger partial charge on any atom is -0.771 e. The highest BCUT2D eigenvalue weighted by Gasteiger charge is 2.22. The Morgan fingerprint density at radius 3 is 2.48 bits per heavy atom. The molecule has 10 heteroatoms. The van der Waals surface area contributed by atoms with Gasteiger partial charge in [0.15, 0.2) is 0 Å². The average Bonchev–Trinajstić information content (AvgIpc) is 2.77. The number of hydrogen-bond acceptors (Lipinski definition) is 6. The van der Waals surface area contributed by atoms with Gasteiger partial charge in [-0.2, -0.15) is 13.5 Å². The van der Waals surface area contributed by atoms with Gasteiger partial charge in [-0.15, -0.1) is 12.4 Å². The van der Waals surface area contributed by atoms with Crippen LogP contribution < -0.4 is 15.4 Å². The van der Waals surface area contributed by atoms with E-state index >= 15 is 0 Å². The summed E-state index contributed by atoms with van der Waals surface area (Å²) in [5, 5.41) is 14.8. The Bertz CT molecular complexity index is 675. The Morgan fingerprint density at radius 2 is 1.91 bits per heavy atom. The van der Waals surface area contributed by atoms with E-state index in [1.54, 1.807) is 0 Å². The molecule has 192 valence electrons. The summed E-state index contributed by atoms with van der Waals surface area (Å²) in [5.74, 6) is 0.560. The summed E-state index contributed by atoms with van der Waals surface area (Å²) >= 11 is -2.36. The molecule has 1 aromatic rings. The zero-order valence-electron chi connectivity index (χ0n) is 19.4. The molecule has 3 atom stereocenters. The van der Waals surface area contributed by atoms with Crippen LogP contribution in [-0.2, 0) is 22.3 Å². The molecule has 0 aromatic heterocycles. The SMILES string of the molecule is CCCCC(NC(Cc1ccc(OCCCCC2CCNCC2)cc1)C(=O)O)S(=O)[O-].Cl.S. The molecule has 33 heavy (non-hydrogen) atoms. The summed E-state index contributed by atoms with van der Waals surface area (Å²) in [6.07, 6.45) is 8.22. The minimum atomic E-state index is -2.36. The maximum absolute atomic E-state index is 11.6. The fourth-order valence-corrected chi connectivity index (χ4v) is 4.55. The maximum atomic E-state index is 11.6. The molecule has 0 amide bonds. The van der Waals surface area contributed by atoms with E-state index < -0.39 is 28.5 Å². The number of piperidine rings is 1. The fourth-order valence-electron chi connectivity index (χ4n) is 3.92. The highest BCUT2D eigenvalue weighted by Crippen LogP contribution is 2.19. The number of ether oxygens (including phenoxy) is 1. The number of nitrogens with one attached hydrogen (secondary N) is 2. The third-order valence-corrected chi connectivity index (χ3v) is 6.67. The molecule has 0 aliphatic carbocycles. The first-order valence-electron chi connectivity index (χ1n) is 11.5. The Balaban J connectivity index is 0.00000512. The summed E-state index contributed by atoms with van der Waals surface area (Å²) in [4.78, 5) is 11.6. The van der Waals surface area contributed by atoms with Crippen molar-refractivity contribution in [2.24, 2.45) is 5.92 Å². The number of benzene rings is 1. The summed E-state index contributed by atoms with van der Waals surface area (Å²) in [6.45, 7) is 4.93. The Morgan fingerprint density at radius 1 is 1.24 bits per heavy atom. The summed E-state index contributed by atoms with van der Waals surface area (Å²) in [7, 11) is 0. The van der Waals surface area contributed by atoms with Gasteiger partial charge in [0, 0.05) is 0 Å². The van der Waals surface area contributed by atoms with Gasteiger partial charge in [0.25, 0.3) is 0 Å². The molecule has 1 saturated heterocycles. The molecule has 2 rings (SSSR count). The van der Waals surface area contributed by atoms with E-state index in [-0.39, 0.29) is 32.3 Å². The smallest absolute Gasteiger partial charge is 0.321 e. The molecular weight excluding hydrogens is 484 g/mol. The Labute approximate surface area is 214 Å². The van der Waals surface area contributed by atoms with Crippen molar-refractivity contribution >= 4 is 43.0 Å². The van der Waals surface area contributed by atoms with Crippen molar-refractivity contribution in [2.75, 3.05) is 19.7 Å². The summed E-state index contributed by atoms with van der Waals surface area (Å²) < 4.78 is 28.7. The van der Waals surface area contributed by atoms with E-state index in [0.717, 1.165) is 49.6 Å². The number of halogens is 1. The van der Waals surface area contributed by atoms with Gasteiger partial charge in [-0.3, -0.25) is 14.3 Å². The van der Waals surface area contributed by atoms with E-state index in [2.05, 4.69) is 10.6 Å². The molecule has 1 aliphatic rings. The molecule has 0 bridgehead atoms. The molecule has 3 unspecified atom stereocenters. The van der Waals surface area contributed by atoms with Crippen LogP contribution in [-0.4, -0.2) is 50.9 Å². The van der Waals surface area contributed by atoms with Crippen LogP contribution in [0.25, 0.3) is 0 Å². The predicted octanol–water partition coefficient (Wildman–Crippen LogP) is 3.75. The van der Waals surface area contributed by atoms with Crippen LogP contribution in [0.4, 0.5) is 0 Å². The molecule has 1 aromatic carbocycles. The number of aliphatic carboxylic acids is 1. The Hall–Kier alpha value is -0.840. The second-order valence-corrected chi connectivity index (χ2v) is 9.42. The van der Waals surface area contributed by atoms with Crippen LogP contribution >= 0.6 is 25.9 Å². The summed E-state index contributed by atoms with van der Waals surface area (Å²) in [5.41, 5.74) is 0.823. The van der Waals surface area contributed by atoms with Gasteiger partial charge in [0.2, 0.25) is 0 Å². The number of hydrogen-bond donors (Lipinski definition) is 3. The number of rotatable bonds is 15. The lowest BCUT2D eigenvalue weighted by Gasteiger charge is -2.25. The van der Waals surface area contributed by atoms with Crippen molar-refractivity contribution in [1.82, 2.24) is 10.6 Å². The molecule has 7 nitrogen and oxygen atoms in total. The highest BCUT2D eigenvalue weighted by molar-refractivity contribution is 7.79. The molecule has 3 N–H and O–H groups in total. The summed E-state index contributed by atoms with van der Waals surface area (Å²) in [6, 6.07) is 6.43. The van der Waals surface area contributed by atoms with E-state index in [1.807, 2.05) is 31.2 Å². The molecule has 0 radical (unpaired) electrons. The molecular formula is C23H40ClN2O5S2-. The van der Waals surface area contributed by atoms with Gasteiger partial charge >= 0.3 is 5.97 Å². The van der Waals surface area contributed by atoms with Crippen LogP contribution in [0.5, 0.6) is 5.75 Å². The van der Waals surface area contributed by atoms with Gasteiger partial charge in [0.05, 0.1) is 12.0 Å². The van der Waals surface area contributed by atoms with Gasteiger partial charge in [-0.05, 0) is 86.3 Å². The standard InChI is InChI=1S/C23H38N2O5S.ClH.H2S/c1-2-3-7-22(31(28)29)25-21(23(26)27)17-19-8-10-20(11-9-19)30-16-5-4-6-18-12-14-24-15-13-18;;/h8-11,18,21-22,24-25H,2-7,12-17H2,1H3,(H,26,27)(H,28,29);1H;1H2/p-1. The van der Waals surface area contributed by atoms with Crippen molar-refractivity contribution in [1.29, 1.82) is 0 Å². The first-order valence-corrected chi connectivity index (χ1v) is 12.6. The van der Waals surface area contributed by atoms with Crippen molar-refractivity contribution in [2.45, 2.75) is 76.1 Å². The third kappa shape index (κ3) is 13.0. The lowest BCUT2D eigenvalue weighted by molar-refractivity contribution is -0.139. The molecule has 0 saturated carbocycles. The largest absolute Gasteiger partial charge is 0.771 e. The van der Waals surface area contributed by atoms with Crippen molar-refractivity contribution in [3.05, 3.63) is 29.8 Å². The second kappa shape index (κ2) is 18.5. The van der Waals surface area contributed by atoms with Crippen LogP contribution in [0, 0.1) is 5.92 Å². The number of carboxylic acids is 1. The van der Waals surface area contributed by atoms with Crippen LogP contribution in [0.1, 0.15) is 63.9 Å². The molecule has 1 aliphatic heterocycles. The topological polar surface area (TPSA) is 111 Å². The number of carboxylic acid groups (broad SMARTS) is 1. The number of unbranched alkanes of at least 4 members (excludes halogenated alkanes) is 2. The molecule has 1 heterocycles. The van der Waals surface area contributed by atoms with Crippen molar-refractivity contribution < 1.29 is 23.4 Å². The van der Waals surface area contributed by atoms with Crippen LogP contribution in [0.15, 0.2) is 24.3 Å². The van der Waals surface area contributed by atoms with E-state index in [4.69, 9.17) is 4.74 Å². The lowest BCUT2D eigenvalue weighted by Crippen LogP contribution is -2.46. The van der Waals surface area contributed by atoms with Crippen molar-refractivity contribution in [3.8, 4) is 5.75 Å². The molecule has 1 fully saturated rings.